The molecule has 1 aromatic heterocycles. The zero-order valence-corrected chi connectivity index (χ0v) is 13.9. The predicted molar refractivity (Wildman–Crippen MR) is 90.0 cm³/mol. The number of hydrogen-bond donors (Lipinski definition) is 1. The van der Waals surface area contributed by atoms with Gasteiger partial charge in [-0.2, -0.15) is 0 Å². The van der Waals surface area contributed by atoms with Gasteiger partial charge in [-0.1, -0.05) is 18.6 Å². The molecule has 2 aliphatic rings. The zero-order valence-electron chi connectivity index (χ0n) is 11.5. The van der Waals surface area contributed by atoms with Crippen LogP contribution in [0.1, 0.15) is 43.7 Å². The van der Waals surface area contributed by atoms with E-state index in [4.69, 9.17) is 5.73 Å². The fourth-order valence-electron chi connectivity index (χ4n) is 4.45. The molecule has 2 fully saturated rings. The molecule has 2 bridgehead atoms. The lowest BCUT2D eigenvalue weighted by molar-refractivity contribution is 0.296. The van der Waals surface area contributed by atoms with Crippen LogP contribution in [-0.2, 0) is 0 Å². The van der Waals surface area contributed by atoms with E-state index in [2.05, 4.69) is 39.5 Å². The molecule has 4 atom stereocenters. The number of rotatable bonds is 3. The average molecular weight is 350 g/mol. The Balaban J connectivity index is 1.58. The van der Waals surface area contributed by atoms with Crippen molar-refractivity contribution in [3.05, 3.63) is 33.6 Å². The molecule has 2 aliphatic carbocycles. The van der Waals surface area contributed by atoms with Crippen molar-refractivity contribution in [3.63, 3.8) is 0 Å². The molecule has 20 heavy (non-hydrogen) atoms. The molecule has 1 heterocycles. The van der Waals surface area contributed by atoms with Crippen LogP contribution in [0.3, 0.4) is 0 Å². The summed E-state index contributed by atoms with van der Waals surface area (Å²) in [5, 5.41) is 3.62. The Labute approximate surface area is 132 Å². The summed E-state index contributed by atoms with van der Waals surface area (Å²) in [6, 6.07) is 6.66. The molecule has 106 valence electrons. The summed E-state index contributed by atoms with van der Waals surface area (Å²) in [5.41, 5.74) is 7.91. The Morgan fingerprint density at radius 1 is 1.30 bits per heavy atom. The van der Waals surface area contributed by atoms with Crippen molar-refractivity contribution in [3.8, 4) is 0 Å². The highest BCUT2D eigenvalue weighted by molar-refractivity contribution is 9.10. The Kier molecular flexibility index (Phi) is 3.40. The molecule has 0 saturated heterocycles. The first-order valence-corrected chi connectivity index (χ1v) is 9.31. The molecule has 0 radical (unpaired) electrons. The Morgan fingerprint density at radius 2 is 2.20 bits per heavy atom. The highest BCUT2D eigenvalue weighted by Crippen LogP contribution is 2.51. The SMILES string of the molecule is NC(CC1CC2CCC1C2)c1csc2c(Br)cccc12. The molecule has 0 amide bonds. The molecular weight excluding hydrogens is 330 g/mol. The molecule has 4 unspecified atom stereocenters. The van der Waals surface area contributed by atoms with E-state index >= 15 is 0 Å². The lowest BCUT2D eigenvalue weighted by Gasteiger charge is -2.24. The van der Waals surface area contributed by atoms with Gasteiger partial charge in [-0.3, -0.25) is 0 Å². The second-order valence-corrected chi connectivity index (χ2v) is 8.32. The number of halogens is 1. The number of benzene rings is 1. The summed E-state index contributed by atoms with van der Waals surface area (Å²) in [6.07, 6.45) is 7.03. The predicted octanol–water partition coefficient (Wildman–Crippen LogP) is 5.49. The van der Waals surface area contributed by atoms with Crippen molar-refractivity contribution in [2.75, 3.05) is 0 Å². The summed E-state index contributed by atoms with van der Waals surface area (Å²) in [6.45, 7) is 0. The maximum Gasteiger partial charge on any atom is 0.0488 e. The van der Waals surface area contributed by atoms with E-state index in [0.29, 0.717) is 0 Å². The zero-order chi connectivity index (χ0) is 13.7. The van der Waals surface area contributed by atoms with E-state index in [0.717, 1.165) is 17.8 Å². The molecular formula is C17H20BrNS. The number of hydrogen-bond acceptors (Lipinski definition) is 2. The van der Waals surface area contributed by atoms with Gasteiger partial charge in [-0.15, -0.1) is 11.3 Å². The van der Waals surface area contributed by atoms with Gasteiger partial charge >= 0.3 is 0 Å². The van der Waals surface area contributed by atoms with Crippen LogP contribution in [0.2, 0.25) is 0 Å². The third-order valence-electron chi connectivity index (χ3n) is 5.42. The quantitative estimate of drug-likeness (QED) is 0.778. The molecule has 2 N–H and O–H groups in total. The van der Waals surface area contributed by atoms with Crippen molar-refractivity contribution in [2.45, 2.75) is 38.1 Å². The van der Waals surface area contributed by atoms with Gasteiger partial charge in [0.25, 0.3) is 0 Å². The number of thiophene rings is 1. The minimum Gasteiger partial charge on any atom is -0.324 e. The van der Waals surface area contributed by atoms with E-state index in [9.17, 15) is 0 Å². The fraction of sp³-hybridized carbons (Fsp3) is 0.529. The van der Waals surface area contributed by atoms with Gasteiger partial charge in [0, 0.05) is 15.2 Å². The smallest absolute Gasteiger partial charge is 0.0488 e. The van der Waals surface area contributed by atoms with Crippen molar-refractivity contribution in [2.24, 2.45) is 23.5 Å². The number of nitrogens with two attached hydrogens (primary N) is 1. The maximum atomic E-state index is 6.56. The van der Waals surface area contributed by atoms with Gasteiger partial charge in [0.15, 0.2) is 0 Å². The first kappa shape index (κ1) is 13.3. The monoisotopic (exact) mass is 349 g/mol. The van der Waals surface area contributed by atoms with E-state index < -0.39 is 0 Å². The average Bonchev–Trinajstić information content (AvgIpc) is 3.12. The topological polar surface area (TPSA) is 26.0 Å². The van der Waals surface area contributed by atoms with E-state index in [1.54, 1.807) is 0 Å². The van der Waals surface area contributed by atoms with Gasteiger partial charge in [0.05, 0.1) is 0 Å². The summed E-state index contributed by atoms with van der Waals surface area (Å²) in [4.78, 5) is 0. The molecule has 0 spiro atoms. The van der Waals surface area contributed by atoms with Crippen molar-refractivity contribution >= 4 is 37.4 Å². The third kappa shape index (κ3) is 2.15. The highest BCUT2D eigenvalue weighted by atomic mass is 79.9. The van der Waals surface area contributed by atoms with Crippen molar-refractivity contribution in [1.29, 1.82) is 0 Å². The standard InChI is InChI=1S/C17H20BrNS/c18-15-3-1-2-13-14(9-20-17(13)15)16(19)8-12-7-10-4-5-11(12)6-10/h1-3,9-12,16H,4-8,19H2. The van der Waals surface area contributed by atoms with Crippen molar-refractivity contribution in [1.82, 2.24) is 0 Å². The maximum absolute atomic E-state index is 6.56. The minimum atomic E-state index is 0.211. The van der Waals surface area contributed by atoms with E-state index in [1.165, 1.54) is 52.2 Å². The van der Waals surface area contributed by atoms with Gasteiger partial charge < -0.3 is 5.73 Å². The normalized spacial score (nSPS) is 30.2. The summed E-state index contributed by atoms with van der Waals surface area (Å²) < 4.78 is 2.53. The van der Waals surface area contributed by atoms with Crippen LogP contribution in [-0.4, -0.2) is 0 Å². The van der Waals surface area contributed by atoms with Crippen molar-refractivity contribution < 1.29 is 0 Å². The summed E-state index contributed by atoms with van der Waals surface area (Å²) >= 11 is 5.46. The van der Waals surface area contributed by atoms with Crippen LogP contribution >= 0.6 is 27.3 Å². The molecule has 1 nitrogen and oxygen atoms in total. The van der Waals surface area contributed by atoms with Crippen LogP contribution in [0.4, 0.5) is 0 Å². The van der Waals surface area contributed by atoms with Gasteiger partial charge in [-0.05, 0) is 81.8 Å². The van der Waals surface area contributed by atoms with Crippen LogP contribution in [0.25, 0.3) is 10.1 Å². The highest BCUT2D eigenvalue weighted by Gasteiger charge is 2.40. The van der Waals surface area contributed by atoms with Gasteiger partial charge in [0.2, 0.25) is 0 Å². The Bertz CT molecular complexity index is 635. The first-order valence-electron chi connectivity index (χ1n) is 7.63. The minimum absolute atomic E-state index is 0.211. The second-order valence-electron chi connectivity index (χ2n) is 6.58. The van der Waals surface area contributed by atoms with E-state index in [1.807, 2.05) is 11.3 Å². The molecule has 4 rings (SSSR count). The molecule has 3 heteroatoms. The van der Waals surface area contributed by atoms with E-state index in [-0.39, 0.29) is 6.04 Å². The Hall–Kier alpha value is -0.380. The summed E-state index contributed by atoms with van der Waals surface area (Å²) in [7, 11) is 0. The number of fused-ring (bicyclic) bond motifs is 3. The molecule has 2 aromatic rings. The van der Waals surface area contributed by atoms with Crippen LogP contribution in [0.5, 0.6) is 0 Å². The lowest BCUT2D eigenvalue weighted by Crippen LogP contribution is -2.19. The summed E-state index contributed by atoms with van der Waals surface area (Å²) in [5.74, 6) is 2.87. The van der Waals surface area contributed by atoms with Crippen LogP contribution < -0.4 is 5.73 Å². The fourth-order valence-corrected chi connectivity index (χ4v) is 6.13. The van der Waals surface area contributed by atoms with Crippen LogP contribution in [0, 0.1) is 17.8 Å². The van der Waals surface area contributed by atoms with Crippen LogP contribution in [0.15, 0.2) is 28.1 Å². The second kappa shape index (κ2) is 5.11. The largest absolute Gasteiger partial charge is 0.324 e. The third-order valence-corrected chi connectivity index (χ3v) is 7.39. The Morgan fingerprint density at radius 3 is 2.95 bits per heavy atom. The molecule has 2 saturated carbocycles. The molecule has 1 aromatic carbocycles. The lowest BCUT2D eigenvalue weighted by atomic mass is 9.83. The van der Waals surface area contributed by atoms with Gasteiger partial charge in [0.1, 0.15) is 0 Å². The van der Waals surface area contributed by atoms with Gasteiger partial charge in [-0.25, -0.2) is 0 Å². The first-order chi connectivity index (χ1) is 9.72. The molecule has 0 aliphatic heterocycles.